The number of nitro groups is 1. The molecule has 0 spiro atoms. The van der Waals surface area contributed by atoms with Crippen molar-refractivity contribution in [1.29, 1.82) is 0 Å². The molecule has 0 atom stereocenters. The van der Waals surface area contributed by atoms with Gasteiger partial charge in [-0.2, -0.15) is 5.10 Å². The molecule has 2 N–H and O–H groups in total. The summed E-state index contributed by atoms with van der Waals surface area (Å²) in [5.74, 6) is -0.992. The normalized spacial score (nSPS) is 11.6. The summed E-state index contributed by atoms with van der Waals surface area (Å²) in [6, 6.07) is 18.2. The summed E-state index contributed by atoms with van der Waals surface area (Å²) in [6.45, 7) is 0. The van der Waals surface area contributed by atoms with Crippen molar-refractivity contribution >= 4 is 47.2 Å². The van der Waals surface area contributed by atoms with Gasteiger partial charge in [-0.3, -0.25) is 19.7 Å². The predicted molar refractivity (Wildman–Crippen MR) is 125 cm³/mol. The second-order valence-corrected chi connectivity index (χ2v) is 7.30. The van der Waals surface area contributed by atoms with E-state index in [1.165, 1.54) is 29.7 Å². The Bertz CT molecular complexity index is 1170. The number of nitro benzene ring substituents is 1. The molecule has 2 amide bonds. The molecule has 1 aromatic heterocycles. The Hall–Kier alpha value is -4.37. The molecule has 0 radical (unpaired) electrons. The number of hydrazone groups is 1. The molecule has 0 aliphatic carbocycles. The van der Waals surface area contributed by atoms with Gasteiger partial charge in [0.05, 0.1) is 4.92 Å². The van der Waals surface area contributed by atoms with Crippen molar-refractivity contribution in [2.24, 2.45) is 5.10 Å². The van der Waals surface area contributed by atoms with Crippen molar-refractivity contribution in [2.75, 3.05) is 0 Å². The van der Waals surface area contributed by atoms with Gasteiger partial charge in [0.1, 0.15) is 5.70 Å². The van der Waals surface area contributed by atoms with Crippen molar-refractivity contribution < 1.29 is 14.5 Å². The minimum atomic E-state index is -0.581. The number of hydrogen-bond acceptors (Lipinski definition) is 6. The van der Waals surface area contributed by atoms with Crippen LogP contribution < -0.4 is 10.7 Å². The maximum atomic E-state index is 12.6. The van der Waals surface area contributed by atoms with Crippen LogP contribution >= 0.6 is 11.3 Å². The highest BCUT2D eigenvalue weighted by molar-refractivity contribution is 7.10. The SMILES string of the molecule is O=C(NN=CC=Cc1ccc([N+](=O)[O-])cc1)C(=Cc1cccs1)NC(=O)c1ccccc1. The molecular formula is C23H18N4O4S. The standard InChI is InChI=1S/C23H18N4O4S/c28-22(18-7-2-1-3-8-18)25-21(16-20-9-5-15-32-20)23(29)26-24-14-4-6-17-10-12-19(13-11-17)27(30)31/h1-16H,(H,25,28)(H,26,29). The zero-order chi connectivity index (χ0) is 22.8. The maximum absolute atomic E-state index is 12.6. The summed E-state index contributed by atoms with van der Waals surface area (Å²) < 4.78 is 0. The molecule has 0 aliphatic heterocycles. The molecule has 3 aromatic rings. The van der Waals surface area contributed by atoms with Crippen molar-refractivity contribution in [3.8, 4) is 0 Å². The van der Waals surface area contributed by atoms with Gasteiger partial charge in [-0.1, -0.05) is 30.3 Å². The van der Waals surface area contributed by atoms with Crippen LogP contribution in [0, 0.1) is 10.1 Å². The van der Waals surface area contributed by atoms with Gasteiger partial charge in [0, 0.05) is 28.8 Å². The Balaban J connectivity index is 1.64. The van der Waals surface area contributed by atoms with Gasteiger partial charge in [-0.15, -0.1) is 11.3 Å². The molecule has 0 bridgehead atoms. The third kappa shape index (κ3) is 6.57. The molecule has 0 aliphatic rings. The molecule has 0 saturated heterocycles. The quantitative estimate of drug-likeness (QED) is 0.233. The lowest BCUT2D eigenvalue weighted by Gasteiger charge is -2.08. The highest BCUT2D eigenvalue weighted by Crippen LogP contribution is 2.14. The highest BCUT2D eigenvalue weighted by Gasteiger charge is 2.14. The van der Waals surface area contributed by atoms with E-state index in [0.29, 0.717) is 5.56 Å². The second-order valence-electron chi connectivity index (χ2n) is 6.32. The van der Waals surface area contributed by atoms with E-state index in [4.69, 9.17) is 0 Å². The number of benzene rings is 2. The molecule has 0 unspecified atom stereocenters. The number of carbonyl (C=O) groups excluding carboxylic acids is 2. The number of rotatable bonds is 8. The number of allylic oxidation sites excluding steroid dienone is 1. The number of nitrogens with one attached hydrogen (secondary N) is 2. The van der Waals surface area contributed by atoms with Crippen LogP contribution in [0.4, 0.5) is 5.69 Å². The second kappa shape index (κ2) is 11.1. The van der Waals surface area contributed by atoms with Crippen LogP contribution in [0.2, 0.25) is 0 Å². The molecule has 0 saturated carbocycles. The fourth-order valence-corrected chi connectivity index (χ4v) is 3.18. The van der Waals surface area contributed by atoms with Gasteiger partial charge in [0.15, 0.2) is 0 Å². The maximum Gasteiger partial charge on any atom is 0.287 e. The van der Waals surface area contributed by atoms with E-state index in [2.05, 4.69) is 15.8 Å². The molecule has 8 nitrogen and oxygen atoms in total. The summed E-state index contributed by atoms with van der Waals surface area (Å²) in [4.78, 5) is 36.0. The number of hydrogen-bond donors (Lipinski definition) is 2. The van der Waals surface area contributed by atoms with E-state index in [9.17, 15) is 19.7 Å². The van der Waals surface area contributed by atoms with Crippen LogP contribution in [0.5, 0.6) is 0 Å². The topological polar surface area (TPSA) is 114 Å². The molecular weight excluding hydrogens is 428 g/mol. The van der Waals surface area contributed by atoms with Crippen molar-refractivity contribution in [1.82, 2.24) is 10.7 Å². The van der Waals surface area contributed by atoms with Crippen LogP contribution in [0.3, 0.4) is 0 Å². The first-order chi connectivity index (χ1) is 15.5. The monoisotopic (exact) mass is 446 g/mol. The largest absolute Gasteiger partial charge is 0.317 e. The van der Waals surface area contributed by atoms with Crippen molar-refractivity contribution in [3.63, 3.8) is 0 Å². The lowest BCUT2D eigenvalue weighted by Crippen LogP contribution is -2.32. The smallest absolute Gasteiger partial charge is 0.287 e. The lowest BCUT2D eigenvalue weighted by molar-refractivity contribution is -0.384. The average molecular weight is 446 g/mol. The third-order valence-corrected chi connectivity index (χ3v) is 4.90. The molecule has 9 heteroatoms. The Morgan fingerprint density at radius 2 is 1.75 bits per heavy atom. The van der Waals surface area contributed by atoms with E-state index < -0.39 is 16.7 Å². The first-order valence-electron chi connectivity index (χ1n) is 9.39. The summed E-state index contributed by atoms with van der Waals surface area (Å²) in [7, 11) is 0. The first kappa shape index (κ1) is 22.3. The Kier molecular flexibility index (Phi) is 7.77. The Morgan fingerprint density at radius 3 is 2.41 bits per heavy atom. The van der Waals surface area contributed by atoms with Gasteiger partial charge < -0.3 is 5.32 Å². The van der Waals surface area contributed by atoms with E-state index in [1.54, 1.807) is 60.7 Å². The highest BCUT2D eigenvalue weighted by atomic mass is 32.1. The summed E-state index contributed by atoms with van der Waals surface area (Å²) in [5, 5.41) is 19.0. The molecule has 32 heavy (non-hydrogen) atoms. The molecule has 2 aromatic carbocycles. The van der Waals surface area contributed by atoms with Crippen LogP contribution in [0.15, 0.2) is 89.0 Å². The average Bonchev–Trinajstić information content (AvgIpc) is 3.32. The van der Waals surface area contributed by atoms with Gasteiger partial charge >= 0.3 is 0 Å². The molecule has 3 rings (SSSR count). The van der Waals surface area contributed by atoms with Gasteiger partial charge in [-0.25, -0.2) is 5.43 Å². The van der Waals surface area contributed by atoms with Crippen molar-refractivity contribution in [2.45, 2.75) is 0 Å². The third-order valence-electron chi connectivity index (χ3n) is 4.08. The minimum absolute atomic E-state index is 0.00527. The number of amides is 2. The number of non-ortho nitro benzene ring substituents is 1. The van der Waals surface area contributed by atoms with Crippen LogP contribution in [-0.2, 0) is 4.79 Å². The van der Waals surface area contributed by atoms with Gasteiger partial charge in [-0.05, 0) is 53.4 Å². The van der Waals surface area contributed by atoms with E-state index >= 15 is 0 Å². The van der Waals surface area contributed by atoms with Crippen LogP contribution in [0.25, 0.3) is 12.2 Å². The Labute approximate surface area is 187 Å². The predicted octanol–water partition coefficient (Wildman–Crippen LogP) is 4.24. The molecule has 160 valence electrons. The molecule has 0 fully saturated rings. The number of thiophene rings is 1. The van der Waals surface area contributed by atoms with Gasteiger partial charge in [0.25, 0.3) is 17.5 Å². The van der Waals surface area contributed by atoms with Crippen LogP contribution in [-0.4, -0.2) is 23.0 Å². The molecule has 1 heterocycles. The number of carbonyl (C=O) groups is 2. The van der Waals surface area contributed by atoms with E-state index in [0.717, 1.165) is 10.4 Å². The van der Waals surface area contributed by atoms with E-state index in [-0.39, 0.29) is 11.4 Å². The number of nitrogens with zero attached hydrogens (tertiary/aromatic N) is 2. The lowest BCUT2D eigenvalue weighted by atomic mass is 10.2. The Morgan fingerprint density at radius 1 is 1.00 bits per heavy atom. The summed E-state index contributed by atoms with van der Waals surface area (Å²) in [5.41, 5.74) is 3.59. The fourth-order valence-electron chi connectivity index (χ4n) is 2.52. The van der Waals surface area contributed by atoms with Crippen molar-refractivity contribution in [3.05, 3.63) is 110 Å². The summed E-state index contributed by atoms with van der Waals surface area (Å²) >= 11 is 1.42. The summed E-state index contributed by atoms with van der Waals surface area (Å²) in [6.07, 6.45) is 6.19. The first-order valence-corrected chi connectivity index (χ1v) is 10.3. The fraction of sp³-hybridized carbons (Fsp3) is 0. The minimum Gasteiger partial charge on any atom is -0.317 e. The zero-order valence-electron chi connectivity index (χ0n) is 16.7. The van der Waals surface area contributed by atoms with Crippen LogP contribution in [0.1, 0.15) is 20.8 Å². The van der Waals surface area contributed by atoms with Gasteiger partial charge in [0.2, 0.25) is 0 Å². The zero-order valence-corrected chi connectivity index (χ0v) is 17.5. The van der Waals surface area contributed by atoms with E-state index in [1.807, 2.05) is 17.5 Å².